The molecule has 0 aliphatic carbocycles. The molecule has 0 radical (unpaired) electrons. The Morgan fingerprint density at radius 3 is 2.71 bits per heavy atom. The van der Waals surface area contributed by atoms with E-state index in [1.807, 2.05) is 11.3 Å². The Labute approximate surface area is 104 Å². The average molecular weight is 296 g/mol. The van der Waals surface area contributed by atoms with Crippen LogP contribution >= 0.6 is 38.9 Å². The predicted molar refractivity (Wildman–Crippen MR) is 69.4 cm³/mol. The standard InChI is InChI=1S/C11H16BrClS/c1-8(2)10(13)4-3-5-11-9(12)6-7-14-11/h6-8,10H,3-5H2,1-2H3. The summed E-state index contributed by atoms with van der Waals surface area (Å²) in [5.41, 5.74) is 0. The summed E-state index contributed by atoms with van der Waals surface area (Å²) in [5.74, 6) is 0.587. The maximum absolute atomic E-state index is 6.19. The number of rotatable bonds is 5. The van der Waals surface area contributed by atoms with Gasteiger partial charge in [0.05, 0.1) is 0 Å². The molecular weight excluding hydrogens is 280 g/mol. The fraction of sp³-hybridized carbons (Fsp3) is 0.636. The Morgan fingerprint density at radius 1 is 1.50 bits per heavy atom. The van der Waals surface area contributed by atoms with Crippen molar-refractivity contribution in [2.24, 2.45) is 5.92 Å². The molecule has 0 nitrogen and oxygen atoms in total. The van der Waals surface area contributed by atoms with Crippen LogP contribution in [0.1, 0.15) is 31.6 Å². The minimum atomic E-state index is 0.328. The van der Waals surface area contributed by atoms with Gasteiger partial charge in [0.1, 0.15) is 0 Å². The van der Waals surface area contributed by atoms with Crippen LogP contribution in [0.5, 0.6) is 0 Å². The molecule has 1 heterocycles. The molecule has 1 aromatic rings. The van der Waals surface area contributed by atoms with Crippen LogP contribution in [0.25, 0.3) is 0 Å². The smallest absolute Gasteiger partial charge is 0.0359 e. The summed E-state index contributed by atoms with van der Waals surface area (Å²) in [6.45, 7) is 4.36. The van der Waals surface area contributed by atoms with Crippen molar-refractivity contribution in [3.05, 3.63) is 20.8 Å². The molecule has 1 aromatic heterocycles. The van der Waals surface area contributed by atoms with Crippen molar-refractivity contribution >= 4 is 38.9 Å². The van der Waals surface area contributed by atoms with Crippen LogP contribution in [-0.2, 0) is 6.42 Å². The molecule has 3 heteroatoms. The molecule has 0 amide bonds. The van der Waals surface area contributed by atoms with E-state index in [2.05, 4.69) is 41.2 Å². The quantitative estimate of drug-likeness (QED) is 0.663. The highest BCUT2D eigenvalue weighted by atomic mass is 79.9. The predicted octanol–water partition coefficient (Wildman–Crippen LogP) is 5.10. The van der Waals surface area contributed by atoms with Crippen LogP contribution in [0.2, 0.25) is 0 Å². The Hall–Kier alpha value is 0.470. The summed E-state index contributed by atoms with van der Waals surface area (Å²) >= 11 is 11.5. The summed E-state index contributed by atoms with van der Waals surface area (Å²) in [4.78, 5) is 1.44. The Balaban J connectivity index is 2.25. The number of hydrogen-bond acceptors (Lipinski definition) is 1. The van der Waals surface area contributed by atoms with Gasteiger partial charge in [-0.15, -0.1) is 22.9 Å². The molecule has 1 rings (SSSR count). The molecule has 0 fully saturated rings. The van der Waals surface area contributed by atoms with Crippen molar-refractivity contribution < 1.29 is 0 Å². The van der Waals surface area contributed by atoms with Crippen molar-refractivity contribution in [2.75, 3.05) is 0 Å². The Kier molecular flexibility index (Phi) is 5.50. The van der Waals surface area contributed by atoms with Crippen LogP contribution in [0.3, 0.4) is 0 Å². The fourth-order valence-electron chi connectivity index (χ4n) is 1.29. The van der Waals surface area contributed by atoms with E-state index in [4.69, 9.17) is 11.6 Å². The van der Waals surface area contributed by atoms with E-state index in [1.165, 1.54) is 15.8 Å². The summed E-state index contributed by atoms with van der Waals surface area (Å²) in [6.07, 6.45) is 3.45. The second-order valence-electron chi connectivity index (χ2n) is 3.84. The molecule has 0 saturated heterocycles. The molecule has 0 aliphatic rings. The first-order valence-electron chi connectivity index (χ1n) is 4.97. The maximum atomic E-state index is 6.19. The van der Waals surface area contributed by atoms with Crippen molar-refractivity contribution in [1.82, 2.24) is 0 Å². The van der Waals surface area contributed by atoms with Crippen molar-refractivity contribution in [3.8, 4) is 0 Å². The van der Waals surface area contributed by atoms with Gasteiger partial charge < -0.3 is 0 Å². The highest BCUT2D eigenvalue weighted by molar-refractivity contribution is 9.10. The van der Waals surface area contributed by atoms with Crippen molar-refractivity contribution in [2.45, 2.75) is 38.5 Å². The van der Waals surface area contributed by atoms with E-state index < -0.39 is 0 Å². The monoisotopic (exact) mass is 294 g/mol. The third-order valence-corrected chi connectivity index (χ3v) is 5.01. The summed E-state index contributed by atoms with van der Waals surface area (Å²) in [5, 5.41) is 2.45. The van der Waals surface area contributed by atoms with E-state index in [0.717, 1.165) is 12.8 Å². The van der Waals surface area contributed by atoms with Gasteiger partial charge in [-0.05, 0) is 52.6 Å². The second kappa shape index (κ2) is 6.14. The molecule has 1 unspecified atom stereocenters. The third-order valence-electron chi connectivity index (χ3n) is 2.30. The van der Waals surface area contributed by atoms with Gasteiger partial charge in [0.2, 0.25) is 0 Å². The minimum absolute atomic E-state index is 0.328. The van der Waals surface area contributed by atoms with Crippen LogP contribution in [0.15, 0.2) is 15.9 Å². The Morgan fingerprint density at radius 2 is 2.21 bits per heavy atom. The molecule has 0 spiro atoms. The molecular formula is C11H16BrClS. The normalized spacial score (nSPS) is 13.5. The lowest BCUT2D eigenvalue weighted by Gasteiger charge is -2.12. The SMILES string of the molecule is CC(C)C(Cl)CCCc1sccc1Br. The highest BCUT2D eigenvalue weighted by Crippen LogP contribution is 2.25. The Bertz CT molecular complexity index is 270. The van der Waals surface area contributed by atoms with Gasteiger partial charge in [-0.3, -0.25) is 0 Å². The number of thiophene rings is 1. The van der Waals surface area contributed by atoms with Crippen LogP contribution in [0, 0.1) is 5.92 Å². The lowest BCUT2D eigenvalue weighted by Crippen LogP contribution is -2.07. The third kappa shape index (κ3) is 3.92. The molecule has 0 saturated carbocycles. The zero-order valence-electron chi connectivity index (χ0n) is 8.59. The van der Waals surface area contributed by atoms with Gasteiger partial charge in [-0.1, -0.05) is 13.8 Å². The van der Waals surface area contributed by atoms with E-state index >= 15 is 0 Å². The minimum Gasteiger partial charge on any atom is -0.148 e. The molecule has 0 aliphatic heterocycles. The first-order chi connectivity index (χ1) is 6.61. The molecule has 1 atom stereocenters. The average Bonchev–Trinajstić information content (AvgIpc) is 2.51. The lowest BCUT2D eigenvalue weighted by molar-refractivity contribution is 0.548. The summed E-state index contributed by atoms with van der Waals surface area (Å²) in [6, 6.07) is 2.11. The summed E-state index contributed by atoms with van der Waals surface area (Å²) in [7, 11) is 0. The van der Waals surface area contributed by atoms with Crippen LogP contribution in [0.4, 0.5) is 0 Å². The van der Waals surface area contributed by atoms with Gasteiger partial charge in [0, 0.05) is 14.7 Å². The van der Waals surface area contributed by atoms with Crippen molar-refractivity contribution in [1.29, 1.82) is 0 Å². The van der Waals surface area contributed by atoms with E-state index in [1.54, 1.807) is 0 Å². The number of alkyl halides is 1. The van der Waals surface area contributed by atoms with E-state index in [9.17, 15) is 0 Å². The van der Waals surface area contributed by atoms with Gasteiger partial charge >= 0.3 is 0 Å². The molecule has 0 bridgehead atoms. The number of hydrogen-bond donors (Lipinski definition) is 0. The van der Waals surface area contributed by atoms with Crippen molar-refractivity contribution in [3.63, 3.8) is 0 Å². The molecule has 14 heavy (non-hydrogen) atoms. The van der Waals surface area contributed by atoms with Gasteiger partial charge in [0.25, 0.3) is 0 Å². The number of aryl methyl sites for hydroxylation is 1. The lowest BCUT2D eigenvalue weighted by atomic mass is 10.0. The van der Waals surface area contributed by atoms with E-state index in [0.29, 0.717) is 11.3 Å². The first-order valence-corrected chi connectivity index (χ1v) is 7.08. The van der Waals surface area contributed by atoms with E-state index in [-0.39, 0.29) is 0 Å². The molecule has 0 N–H and O–H groups in total. The van der Waals surface area contributed by atoms with Gasteiger partial charge in [-0.25, -0.2) is 0 Å². The number of halogens is 2. The maximum Gasteiger partial charge on any atom is 0.0359 e. The largest absolute Gasteiger partial charge is 0.148 e. The highest BCUT2D eigenvalue weighted by Gasteiger charge is 2.09. The zero-order chi connectivity index (χ0) is 10.6. The van der Waals surface area contributed by atoms with Crippen LogP contribution < -0.4 is 0 Å². The van der Waals surface area contributed by atoms with Gasteiger partial charge in [0.15, 0.2) is 0 Å². The molecule has 0 aromatic carbocycles. The van der Waals surface area contributed by atoms with Crippen LogP contribution in [-0.4, -0.2) is 5.38 Å². The second-order valence-corrected chi connectivity index (χ2v) is 6.26. The van der Waals surface area contributed by atoms with Gasteiger partial charge in [-0.2, -0.15) is 0 Å². The molecule has 80 valence electrons. The first kappa shape index (κ1) is 12.5. The topological polar surface area (TPSA) is 0 Å². The fourth-order valence-corrected chi connectivity index (χ4v) is 3.05. The summed E-state index contributed by atoms with van der Waals surface area (Å²) < 4.78 is 1.25. The zero-order valence-corrected chi connectivity index (χ0v) is 11.8.